The number of benzene rings is 2. The monoisotopic (exact) mass is 278 g/mol. The van der Waals surface area contributed by atoms with Crippen molar-refractivity contribution in [2.45, 2.75) is 20.3 Å². The van der Waals surface area contributed by atoms with Crippen LogP contribution in [0.1, 0.15) is 18.1 Å². The number of aromatic amines is 1. The molecule has 0 bridgehead atoms. The number of nitrogens with zero attached hydrogens (tertiary/aromatic N) is 1. The van der Waals surface area contributed by atoms with Crippen molar-refractivity contribution in [1.29, 1.82) is 0 Å². The molecule has 3 heteroatoms. The van der Waals surface area contributed by atoms with E-state index in [0.717, 1.165) is 22.5 Å². The maximum Gasteiger partial charge on any atom is 0.268 e. The van der Waals surface area contributed by atoms with Gasteiger partial charge in [-0.15, -0.1) is 0 Å². The van der Waals surface area contributed by atoms with E-state index in [1.54, 1.807) is 0 Å². The van der Waals surface area contributed by atoms with Crippen LogP contribution in [0.15, 0.2) is 59.4 Å². The van der Waals surface area contributed by atoms with Crippen LogP contribution in [-0.2, 0) is 6.42 Å². The maximum atomic E-state index is 12.2. The van der Waals surface area contributed by atoms with E-state index >= 15 is 0 Å². The predicted octanol–water partition coefficient (Wildman–Crippen LogP) is 3.70. The molecule has 21 heavy (non-hydrogen) atoms. The average Bonchev–Trinajstić information content (AvgIpc) is 2.85. The molecular weight excluding hydrogens is 260 g/mol. The number of rotatable bonds is 3. The molecule has 0 unspecified atom stereocenters. The number of aryl methyl sites for hydroxylation is 1. The summed E-state index contributed by atoms with van der Waals surface area (Å²) in [6.45, 7) is 4.07. The van der Waals surface area contributed by atoms with Crippen LogP contribution in [0.3, 0.4) is 0 Å². The Morgan fingerprint density at radius 1 is 1.00 bits per heavy atom. The number of hydrogen-bond donors (Lipinski definition) is 1. The quantitative estimate of drug-likeness (QED) is 0.779. The summed E-state index contributed by atoms with van der Waals surface area (Å²) in [5.41, 5.74) is 4.99. The van der Waals surface area contributed by atoms with E-state index in [4.69, 9.17) is 0 Å². The minimum atomic E-state index is -0.0167. The first-order valence-electron chi connectivity index (χ1n) is 7.17. The van der Waals surface area contributed by atoms with Crippen molar-refractivity contribution in [3.8, 4) is 16.9 Å². The SMILES string of the molecule is CCc1c(-c2ccc(C)cc2)n(-c2ccccc2)[nH]c1=O. The molecule has 0 saturated carbocycles. The van der Waals surface area contributed by atoms with Gasteiger partial charge in [-0.1, -0.05) is 55.0 Å². The molecule has 1 N–H and O–H groups in total. The zero-order valence-electron chi connectivity index (χ0n) is 12.3. The Bertz CT molecular complexity index is 795. The zero-order valence-corrected chi connectivity index (χ0v) is 12.3. The van der Waals surface area contributed by atoms with Gasteiger partial charge in [-0.05, 0) is 25.5 Å². The second-order valence-corrected chi connectivity index (χ2v) is 5.16. The smallest absolute Gasteiger partial charge is 0.268 e. The molecule has 0 radical (unpaired) electrons. The summed E-state index contributed by atoms with van der Waals surface area (Å²) in [5, 5.41) is 2.95. The fourth-order valence-corrected chi connectivity index (χ4v) is 2.58. The Morgan fingerprint density at radius 2 is 1.67 bits per heavy atom. The fraction of sp³-hybridized carbons (Fsp3) is 0.167. The number of hydrogen-bond acceptors (Lipinski definition) is 1. The lowest BCUT2D eigenvalue weighted by molar-refractivity contribution is 0.871. The van der Waals surface area contributed by atoms with E-state index in [1.807, 2.05) is 41.9 Å². The van der Waals surface area contributed by atoms with Crippen molar-refractivity contribution in [2.24, 2.45) is 0 Å². The Balaban J connectivity index is 2.27. The van der Waals surface area contributed by atoms with E-state index in [2.05, 4.69) is 36.3 Å². The second-order valence-electron chi connectivity index (χ2n) is 5.16. The molecule has 0 fully saturated rings. The van der Waals surface area contributed by atoms with Gasteiger partial charge in [0.2, 0.25) is 0 Å². The van der Waals surface area contributed by atoms with E-state index < -0.39 is 0 Å². The Labute approximate surface area is 123 Å². The van der Waals surface area contributed by atoms with Gasteiger partial charge in [0.05, 0.1) is 11.4 Å². The Kier molecular flexibility index (Phi) is 3.48. The third-order valence-corrected chi connectivity index (χ3v) is 3.69. The van der Waals surface area contributed by atoms with Gasteiger partial charge in [0.25, 0.3) is 5.56 Å². The fourth-order valence-electron chi connectivity index (χ4n) is 2.58. The van der Waals surface area contributed by atoms with Gasteiger partial charge in [0.1, 0.15) is 0 Å². The highest BCUT2D eigenvalue weighted by molar-refractivity contribution is 5.66. The molecule has 3 rings (SSSR count). The Hall–Kier alpha value is -2.55. The van der Waals surface area contributed by atoms with E-state index in [-0.39, 0.29) is 5.56 Å². The summed E-state index contributed by atoms with van der Waals surface area (Å²) in [6, 6.07) is 18.2. The van der Waals surface area contributed by atoms with Crippen molar-refractivity contribution in [3.63, 3.8) is 0 Å². The third-order valence-electron chi connectivity index (χ3n) is 3.69. The first kappa shape index (κ1) is 13.4. The lowest BCUT2D eigenvalue weighted by atomic mass is 10.0. The first-order chi connectivity index (χ1) is 10.2. The minimum Gasteiger partial charge on any atom is -0.268 e. The number of nitrogens with one attached hydrogen (secondary N) is 1. The molecule has 0 aliphatic heterocycles. The van der Waals surface area contributed by atoms with Crippen LogP contribution >= 0.6 is 0 Å². The number of aromatic nitrogens is 2. The Morgan fingerprint density at radius 3 is 2.29 bits per heavy atom. The highest BCUT2D eigenvalue weighted by Gasteiger charge is 2.16. The summed E-state index contributed by atoms with van der Waals surface area (Å²) in [7, 11) is 0. The topological polar surface area (TPSA) is 37.8 Å². The van der Waals surface area contributed by atoms with Crippen molar-refractivity contribution < 1.29 is 0 Å². The first-order valence-corrected chi connectivity index (χ1v) is 7.17. The normalized spacial score (nSPS) is 10.8. The molecular formula is C18H18N2O. The maximum absolute atomic E-state index is 12.2. The van der Waals surface area contributed by atoms with Crippen LogP contribution < -0.4 is 5.56 Å². The lowest BCUT2D eigenvalue weighted by Crippen LogP contribution is -2.06. The van der Waals surface area contributed by atoms with Crippen molar-refractivity contribution in [2.75, 3.05) is 0 Å². The standard InChI is InChI=1S/C18H18N2O/c1-3-16-17(14-11-9-13(2)10-12-14)20(19-18(16)21)15-7-5-4-6-8-15/h4-12H,3H2,1-2H3,(H,19,21). The summed E-state index contributed by atoms with van der Waals surface area (Å²) in [6.07, 6.45) is 0.707. The van der Waals surface area contributed by atoms with Crippen molar-refractivity contribution in [3.05, 3.63) is 76.1 Å². The van der Waals surface area contributed by atoms with E-state index in [9.17, 15) is 4.79 Å². The summed E-state index contributed by atoms with van der Waals surface area (Å²) < 4.78 is 1.88. The largest absolute Gasteiger partial charge is 0.268 e. The van der Waals surface area contributed by atoms with Gasteiger partial charge in [-0.2, -0.15) is 0 Å². The van der Waals surface area contributed by atoms with Crippen molar-refractivity contribution in [1.82, 2.24) is 9.78 Å². The molecule has 1 heterocycles. The average molecular weight is 278 g/mol. The molecule has 106 valence electrons. The summed E-state index contributed by atoms with van der Waals surface area (Å²) in [5.74, 6) is 0. The number of H-pyrrole nitrogens is 1. The van der Waals surface area contributed by atoms with Gasteiger partial charge in [-0.3, -0.25) is 14.6 Å². The minimum absolute atomic E-state index is 0.0167. The lowest BCUT2D eigenvalue weighted by Gasteiger charge is -2.10. The molecule has 0 atom stereocenters. The third kappa shape index (κ3) is 2.42. The van der Waals surface area contributed by atoms with Crippen LogP contribution in [0.2, 0.25) is 0 Å². The highest BCUT2D eigenvalue weighted by atomic mass is 16.1. The molecule has 0 aliphatic rings. The summed E-state index contributed by atoms with van der Waals surface area (Å²) in [4.78, 5) is 12.2. The molecule has 3 aromatic rings. The molecule has 0 aliphatic carbocycles. The summed E-state index contributed by atoms with van der Waals surface area (Å²) >= 11 is 0. The van der Waals surface area contributed by atoms with Gasteiger partial charge in [0, 0.05) is 11.1 Å². The van der Waals surface area contributed by atoms with Crippen LogP contribution in [0.5, 0.6) is 0 Å². The molecule has 3 nitrogen and oxygen atoms in total. The van der Waals surface area contributed by atoms with Crippen LogP contribution in [0, 0.1) is 6.92 Å². The van der Waals surface area contributed by atoms with E-state index in [1.165, 1.54) is 5.56 Å². The van der Waals surface area contributed by atoms with Gasteiger partial charge in [0.15, 0.2) is 0 Å². The van der Waals surface area contributed by atoms with Crippen molar-refractivity contribution >= 4 is 0 Å². The molecule has 0 amide bonds. The molecule has 0 spiro atoms. The van der Waals surface area contributed by atoms with Crippen LogP contribution in [0.25, 0.3) is 16.9 Å². The highest BCUT2D eigenvalue weighted by Crippen LogP contribution is 2.25. The zero-order chi connectivity index (χ0) is 14.8. The van der Waals surface area contributed by atoms with Gasteiger partial charge < -0.3 is 0 Å². The van der Waals surface area contributed by atoms with Gasteiger partial charge in [-0.25, -0.2) is 0 Å². The van der Waals surface area contributed by atoms with Gasteiger partial charge >= 0.3 is 0 Å². The second kappa shape index (κ2) is 5.44. The van der Waals surface area contributed by atoms with Crippen LogP contribution in [0.4, 0.5) is 0 Å². The number of para-hydroxylation sites is 1. The predicted molar refractivity (Wildman–Crippen MR) is 85.9 cm³/mol. The molecule has 1 aromatic heterocycles. The van der Waals surface area contributed by atoms with E-state index in [0.29, 0.717) is 6.42 Å². The molecule has 2 aromatic carbocycles. The van der Waals surface area contributed by atoms with Crippen LogP contribution in [-0.4, -0.2) is 9.78 Å². The molecule has 0 saturated heterocycles.